The van der Waals surface area contributed by atoms with Crippen LogP contribution in [0.2, 0.25) is 0 Å². The van der Waals surface area contributed by atoms with Crippen molar-refractivity contribution in [3.63, 3.8) is 0 Å². The predicted molar refractivity (Wildman–Crippen MR) is 39.3 cm³/mol. The van der Waals surface area contributed by atoms with E-state index >= 15 is 0 Å². The lowest BCUT2D eigenvalue weighted by Gasteiger charge is -2.24. The third-order valence-corrected chi connectivity index (χ3v) is 1.53. The average molecular weight is 177 g/mol. The molecule has 0 aromatic carbocycles. The summed E-state index contributed by atoms with van der Waals surface area (Å²) in [5.41, 5.74) is -1.14. The van der Waals surface area contributed by atoms with Crippen LogP contribution in [0.3, 0.4) is 0 Å². The average Bonchev–Trinajstić information content (AvgIpc) is 2.13. The van der Waals surface area contributed by atoms with E-state index in [1.165, 1.54) is 0 Å². The van der Waals surface area contributed by atoms with Crippen LogP contribution in [0.5, 0.6) is 0 Å². The Labute approximate surface area is 69.1 Å². The lowest BCUT2D eigenvalue weighted by molar-refractivity contribution is -0.134. The highest BCUT2D eigenvalue weighted by molar-refractivity contribution is 5.37. The summed E-state index contributed by atoms with van der Waals surface area (Å²) in [6.07, 6.45) is 0. The van der Waals surface area contributed by atoms with Gasteiger partial charge in [-0.1, -0.05) is 5.18 Å². The first-order valence-electron chi connectivity index (χ1n) is 3.31. The Morgan fingerprint density at radius 3 is 2.33 bits per heavy atom. The van der Waals surface area contributed by atoms with Crippen LogP contribution < -0.4 is 0 Å². The van der Waals surface area contributed by atoms with Crippen LogP contribution >= 0.6 is 0 Å². The van der Waals surface area contributed by atoms with Gasteiger partial charge in [0.05, 0.1) is 25.2 Å². The molecular formula is C6H11NO5. The Morgan fingerprint density at radius 1 is 1.42 bits per heavy atom. The summed E-state index contributed by atoms with van der Waals surface area (Å²) in [5.74, 6) is 0. The molecule has 0 unspecified atom stereocenters. The molecule has 2 N–H and O–H groups in total. The SMILES string of the molecule is O=COCC(CO)(CO)CN=O. The third kappa shape index (κ3) is 2.93. The number of hydrogen-bond donors (Lipinski definition) is 2. The van der Waals surface area contributed by atoms with Crippen molar-refractivity contribution in [3.8, 4) is 0 Å². The van der Waals surface area contributed by atoms with Gasteiger partial charge in [-0.25, -0.2) is 0 Å². The van der Waals surface area contributed by atoms with Crippen LogP contribution in [0, 0.1) is 10.3 Å². The number of ether oxygens (including phenoxy) is 1. The summed E-state index contributed by atoms with van der Waals surface area (Å²) >= 11 is 0. The second kappa shape index (κ2) is 5.62. The number of aliphatic hydroxyl groups is 2. The minimum Gasteiger partial charge on any atom is -0.467 e. The molecule has 0 aliphatic carbocycles. The van der Waals surface area contributed by atoms with Crippen LogP contribution in [0.4, 0.5) is 0 Å². The van der Waals surface area contributed by atoms with E-state index in [2.05, 4.69) is 9.91 Å². The molecule has 0 rings (SSSR count). The predicted octanol–water partition coefficient (Wildman–Crippen LogP) is -1.10. The van der Waals surface area contributed by atoms with E-state index in [1.54, 1.807) is 0 Å². The highest BCUT2D eigenvalue weighted by atomic mass is 16.5. The van der Waals surface area contributed by atoms with Gasteiger partial charge in [-0.15, -0.1) is 0 Å². The Bertz CT molecular complexity index is 145. The zero-order valence-electron chi connectivity index (χ0n) is 6.47. The van der Waals surface area contributed by atoms with Crippen molar-refractivity contribution >= 4 is 6.47 Å². The van der Waals surface area contributed by atoms with Crippen LogP contribution in [0.15, 0.2) is 5.18 Å². The molecule has 6 nitrogen and oxygen atoms in total. The Hall–Kier alpha value is -1.01. The summed E-state index contributed by atoms with van der Waals surface area (Å²) in [6, 6.07) is 0. The second-order valence-electron chi connectivity index (χ2n) is 2.51. The number of nitroso groups, excluding NO2 is 1. The summed E-state index contributed by atoms with van der Waals surface area (Å²) < 4.78 is 4.33. The van der Waals surface area contributed by atoms with Crippen molar-refractivity contribution in [2.45, 2.75) is 0 Å². The number of carbonyl (C=O) groups is 1. The Balaban J connectivity index is 4.12. The topological polar surface area (TPSA) is 96.2 Å². The molecule has 6 heteroatoms. The molecule has 0 radical (unpaired) electrons. The number of nitrogens with zero attached hydrogens (tertiary/aromatic N) is 1. The molecule has 0 aliphatic rings. The molecule has 0 saturated carbocycles. The number of hydrogen-bond acceptors (Lipinski definition) is 6. The van der Waals surface area contributed by atoms with Gasteiger partial charge in [0.1, 0.15) is 6.61 Å². The molecular weight excluding hydrogens is 166 g/mol. The number of rotatable bonds is 7. The van der Waals surface area contributed by atoms with E-state index in [4.69, 9.17) is 10.2 Å². The van der Waals surface area contributed by atoms with E-state index in [0.29, 0.717) is 0 Å². The van der Waals surface area contributed by atoms with E-state index in [0.717, 1.165) is 0 Å². The number of aliphatic hydroxyl groups excluding tert-OH is 2. The van der Waals surface area contributed by atoms with E-state index in [9.17, 15) is 9.70 Å². The lowest BCUT2D eigenvalue weighted by Crippen LogP contribution is -2.37. The first kappa shape index (κ1) is 11.0. The largest absolute Gasteiger partial charge is 0.467 e. The lowest BCUT2D eigenvalue weighted by atomic mass is 9.92. The quantitative estimate of drug-likeness (QED) is 0.380. The van der Waals surface area contributed by atoms with Crippen molar-refractivity contribution in [1.82, 2.24) is 0 Å². The molecule has 0 spiro atoms. The van der Waals surface area contributed by atoms with Crippen molar-refractivity contribution in [2.75, 3.05) is 26.4 Å². The molecule has 0 aromatic rings. The fourth-order valence-corrected chi connectivity index (χ4v) is 0.635. The fraction of sp³-hybridized carbons (Fsp3) is 0.833. The smallest absolute Gasteiger partial charge is 0.293 e. The molecule has 0 amide bonds. The standard InChI is InChI=1S/C6H11NO5/c8-2-6(3-9,1-7-11)4-12-5-10/h5,8-9H,1-4H2. The van der Waals surface area contributed by atoms with Crippen molar-refractivity contribution in [3.05, 3.63) is 4.91 Å². The molecule has 12 heavy (non-hydrogen) atoms. The van der Waals surface area contributed by atoms with Crippen LogP contribution in [-0.2, 0) is 9.53 Å². The number of carbonyl (C=O) groups excluding carboxylic acids is 1. The van der Waals surface area contributed by atoms with Gasteiger partial charge in [-0.2, -0.15) is 4.91 Å². The molecule has 0 fully saturated rings. The normalized spacial score (nSPS) is 10.8. The minimum absolute atomic E-state index is 0.185. The first-order valence-corrected chi connectivity index (χ1v) is 3.31. The molecule has 0 bridgehead atoms. The summed E-state index contributed by atoms with van der Waals surface area (Å²) in [5, 5.41) is 20.1. The minimum atomic E-state index is -1.14. The van der Waals surface area contributed by atoms with Gasteiger partial charge in [0.15, 0.2) is 0 Å². The maximum atomic E-state index is 9.89. The van der Waals surface area contributed by atoms with Gasteiger partial charge in [0, 0.05) is 0 Å². The van der Waals surface area contributed by atoms with Gasteiger partial charge >= 0.3 is 0 Å². The van der Waals surface area contributed by atoms with Crippen LogP contribution in [-0.4, -0.2) is 43.1 Å². The maximum Gasteiger partial charge on any atom is 0.293 e. The van der Waals surface area contributed by atoms with E-state index in [1.807, 2.05) is 0 Å². The maximum absolute atomic E-state index is 9.89. The molecule has 70 valence electrons. The third-order valence-electron chi connectivity index (χ3n) is 1.53. The Kier molecular flexibility index (Phi) is 5.14. The van der Waals surface area contributed by atoms with E-state index < -0.39 is 18.6 Å². The van der Waals surface area contributed by atoms with Crippen molar-refractivity contribution < 1.29 is 19.7 Å². The van der Waals surface area contributed by atoms with E-state index in [-0.39, 0.29) is 19.6 Å². The fourth-order valence-electron chi connectivity index (χ4n) is 0.635. The molecule has 0 heterocycles. The van der Waals surface area contributed by atoms with Gasteiger partial charge in [-0.3, -0.25) is 4.79 Å². The monoisotopic (exact) mass is 177 g/mol. The van der Waals surface area contributed by atoms with Crippen LogP contribution in [0.25, 0.3) is 0 Å². The summed E-state index contributed by atoms with van der Waals surface area (Å²) in [7, 11) is 0. The second-order valence-corrected chi connectivity index (χ2v) is 2.51. The van der Waals surface area contributed by atoms with Gasteiger partial charge in [0.25, 0.3) is 6.47 Å². The zero-order valence-corrected chi connectivity index (χ0v) is 6.47. The molecule has 0 aromatic heterocycles. The summed E-state index contributed by atoms with van der Waals surface area (Å²) in [6.45, 7) is -1.22. The zero-order chi connectivity index (χ0) is 9.45. The van der Waals surface area contributed by atoms with Gasteiger partial charge in [0.2, 0.25) is 0 Å². The van der Waals surface area contributed by atoms with Gasteiger partial charge in [-0.05, 0) is 0 Å². The van der Waals surface area contributed by atoms with Crippen molar-refractivity contribution in [1.29, 1.82) is 0 Å². The highest BCUT2D eigenvalue weighted by Gasteiger charge is 2.30. The summed E-state index contributed by atoms with van der Waals surface area (Å²) in [4.78, 5) is 19.7. The first-order chi connectivity index (χ1) is 5.74. The Morgan fingerprint density at radius 2 is 2.00 bits per heavy atom. The highest BCUT2D eigenvalue weighted by Crippen LogP contribution is 2.16. The molecule has 0 saturated heterocycles. The van der Waals surface area contributed by atoms with Crippen molar-refractivity contribution in [2.24, 2.45) is 10.6 Å². The van der Waals surface area contributed by atoms with Crippen LogP contribution in [0.1, 0.15) is 0 Å². The van der Waals surface area contributed by atoms with Gasteiger partial charge < -0.3 is 14.9 Å². The molecule has 0 aliphatic heterocycles. The molecule has 0 atom stereocenters.